The number of nitrogens with one attached hydrogen (secondary N) is 2. The number of anilines is 1. The molecule has 1 aromatic carbocycles. The molecule has 1 aromatic heterocycles. The lowest BCUT2D eigenvalue weighted by Crippen LogP contribution is -2.30. The van der Waals surface area contributed by atoms with Crippen LogP contribution < -0.4 is 10.6 Å². The lowest BCUT2D eigenvalue weighted by Gasteiger charge is -2.07. The highest BCUT2D eigenvalue weighted by Gasteiger charge is 2.04. The third-order valence-electron chi connectivity index (χ3n) is 2.82. The zero-order chi connectivity index (χ0) is 14.4. The zero-order valence-corrected chi connectivity index (χ0v) is 11.6. The molecule has 6 heteroatoms. The van der Waals surface area contributed by atoms with Gasteiger partial charge in [0.1, 0.15) is 0 Å². The van der Waals surface area contributed by atoms with Crippen LogP contribution >= 0.6 is 0 Å². The first kappa shape index (κ1) is 14.0. The van der Waals surface area contributed by atoms with Gasteiger partial charge < -0.3 is 15.2 Å². The number of nitrogens with zero attached hydrogens (tertiary/aromatic N) is 2. The van der Waals surface area contributed by atoms with Crippen LogP contribution in [0.15, 0.2) is 28.8 Å². The number of aryl methyl sites for hydroxylation is 2. The molecule has 0 radical (unpaired) electrons. The Hall–Kier alpha value is -2.37. The molecule has 20 heavy (non-hydrogen) atoms. The second kappa shape index (κ2) is 6.70. The summed E-state index contributed by atoms with van der Waals surface area (Å²) < 4.78 is 4.85. The fraction of sp³-hybridized carbons (Fsp3) is 0.357. The van der Waals surface area contributed by atoms with E-state index in [1.165, 1.54) is 5.56 Å². The monoisotopic (exact) mass is 274 g/mol. The highest BCUT2D eigenvalue weighted by Crippen LogP contribution is 2.09. The Balaban J connectivity index is 1.74. The Labute approximate surface area is 117 Å². The Morgan fingerprint density at radius 2 is 2.05 bits per heavy atom. The third kappa shape index (κ3) is 4.08. The number of hydrogen-bond acceptors (Lipinski definition) is 4. The fourth-order valence-corrected chi connectivity index (χ4v) is 1.73. The van der Waals surface area contributed by atoms with Crippen molar-refractivity contribution in [1.29, 1.82) is 0 Å². The van der Waals surface area contributed by atoms with E-state index in [-0.39, 0.29) is 6.03 Å². The highest BCUT2D eigenvalue weighted by atomic mass is 16.5. The SMILES string of the molecule is CCc1ccc(NC(=O)NCCc2noc(C)n2)cc1. The maximum absolute atomic E-state index is 11.7. The molecule has 0 bridgehead atoms. The normalized spacial score (nSPS) is 10.3. The van der Waals surface area contributed by atoms with Crippen molar-refractivity contribution in [2.75, 3.05) is 11.9 Å². The van der Waals surface area contributed by atoms with Crippen LogP contribution in [0.2, 0.25) is 0 Å². The summed E-state index contributed by atoms with van der Waals surface area (Å²) in [5.41, 5.74) is 2.01. The van der Waals surface area contributed by atoms with Crippen molar-refractivity contribution < 1.29 is 9.32 Å². The fourth-order valence-electron chi connectivity index (χ4n) is 1.73. The van der Waals surface area contributed by atoms with Gasteiger partial charge in [0.2, 0.25) is 5.89 Å². The van der Waals surface area contributed by atoms with Crippen molar-refractivity contribution in [3.05, 3.63) is 41.5 Å². The molecule has 0 saturated carbocycles. The first-order valence-electron chi connectivity index (χ1n) is 6.60. The maximum atomic E-state index is 11.7. The highest BCUT2D eigenvalue weighted by molar-refractivity contribution is 5.89. The van der Waals surface area contributed by atoms with Gasteiger partial charge in [0.25, 0.3) is 0 Å². The Bertz CT molecular complexity index is 563. The van der Waals surface area contributed by atoms with Gasteiger partial charge in [-0.05, 0) is 24.1 Å². The predicted molar refractivity (Wildman–Crippen MR) is 75.6 cm³/mol. The summed E-state index contributed by atoms with van der Waals surface area (Å²) in [4.78, 5) is 15.7. The number of aromatic nitrogens is 2. The lowest BCUT2D eigenvalue weighted by atomic mass is 10.1. The van der Waals surface area contributed by atoms with Gasteiger partial charge in [-0.3, -0.25) is 0 Å². The van der Waals surface area contributed by atoms with Crippen molar-refractivity contribution in [3.8, 4) is 0 Å². The van der Waals surface area contributed by atoms with Gasteiger partial charge >= 0.3 is 6.03 Å². The van der Waals surface area contributed by atoms with Gasteiger partial charge in [0.15, 0.2) is 5.82 Å². The molecule has 0 aliphatic rings. The molecule has 2 aromatic rings. The van der Waals surface area contributed by atoms with E-state index in [4.69, 9.17) is 4.52 Å². The van der Waals surface area contributed by atoms with Gasteiger partial charge in [-0.25, -0.2) is 4.79 Å². The Morgan fingerprint density at radius 1 is 1.30 bits per heavy atom. The van der Waals surface area contributed by atoms with E-state index in [0.717, 1.165) is 12.1 Å². The largest absolute Gasteiger partial charge is 0.340 e. The van der Waals surface area contributed by atoms with Crippen molar-refractivity contribution in [2.24, 2.45) is 0 Å². The maximum Gasteiger partial charge on any atom is 0.319 e. The molecule has 6 nitrogen and oxygen atoms in total. The van der Waals surface area contributed by atoms with Gasteiger partial charge in [-0.2, -0.15) is 4.98 Å². The summed E-state index contributed by atoms with van der Waals surface area (Å²) in [7, 11) is 0. The molecule has 1 heterocycles. The molecule has 0 aliphatic carbocycles. The van der Waals surface area contributed by atoms with Crippen LogP contribution in [-0.2, 0) is 12.8 Å². The molecule has 106 valence electrons. The number of carbonyl (C=O) groups excluding carboxylic acids is 1. The van der Waals surface area contributed by atoms with Crippen LogP contribution in [0.5, 0.6) is 0 Å². The predicted octanol–water partition coefficient (Wildman–Crippen LogP) is 2.30. The molecule has 0 unspecified atom stereocenters. The van der Waals surface area contributed by atoms with Crippen molar-refractivity contribution in [3.63, 3.8) is 0 Å². The summed E-state index contributed by atoms with van der Waals surface area (Å²) in [6.45, 7) is 4.28. The molecular weight excluding hydrogens is 256 g/mol. The van der Waals surface area contributed by atoms with Crippen LogP contribution in [0.25, 0.3) is 0 Å². The number of benzene rings is 1. The topological polar surface area (TPSA) is 80.0 Å². The van der Waals surface area contributed by atoms with E-state index >= 15 is 0 Å². The quantitative estimate of drug-likeness (QED) is 0.876. The Kier molecular flexibility index (Phi) is 4.70. The Morgan fingerprint density at radius 3 is 2.65 bits per heavy atom. The van der Waals surface area contributed by atoms with Crippen molar-refractivity contribution >= 4 is 11.7 Å². The molecule has 0 saturated heterocycles. The van der Waals surface area contributed by atoms with Gasteiger partial charge in [0.05, 0.1) is 0 Å². The van der Waals surface area contributed by atoms with Crippen LogP contribution in [-0.4, -0.2) is 22.7 Å². The summed E-state index contributed by atoms with van der Waals surface area (Å²) in [6.07, 6.45) is 1.52. The number of rotatable bonds is 5. The first-order valence-corrected chi connectivity index (χ1v) is 6.60. The van der Waals surface area contributed by atoms with Gasteiger partial charge in [0, 0.05) is 25.6 Å². The first-order chi connectivity index (χ1) is 9.67. The summed E-state index contributed by atoms with van der Waals surface area (Å²) in [6, 6.07) is 7.53. The molecule has 0 spiro atoms. The van der Waals surface area contributed by atoms with E-state index in [0.29, 0.717) is 24.7 Å². The average molecular weight is 274 g/mol. The molecule has 2 rings (SSSR count). The standard InChI is InChI=1S/C14H18N4O2/c1-3-11-4-6-12(7-5-11)17-14(19)15-9-8-13-16-10(2)20-18-13/h4-7H,3,8-9H2,1-2H3,(H2,15,17,19). The summed E-state index contributed by atoms with van der Waals surface area (Å²) in [5.74, 6) is 1.12. The molecular formula is C14H18N4O2. The number of carbonyl (C=O) groups is 1. The molecule has 2 amide bonds. The number of amides is 2. The smallest absolute Gasteiger partial charge is 0.319 e. The van der Waals surface area contributed by atoms with Crippen molar-refractivity contribution in [1.82, 2.24) is 15.5 Å². The second-order valence-corrected chi connectivity index (χ2v) is 4.41. The zero-order valence-electron chi connectivity index (χ0n) is 11.6. The average Bonchev–Trinajstić information content (AvgIpc) is 2.85. The third-order valence-corrected chi connectivity index (χ3v) is 2.82. The van der Waals surface area contributed by atoms with Gasteiger partial charge in [-0.15, -0.1) is 0 Å². The van der Waals surface area contributed by atoms with Crippen LogP contribution in [0.3, 0.4) is 0 Å². The number of hydrogen-bond donors (Lipinski definition) is 2. The van der Waals surface area contributed by atoms with Crippen LogP contribution in [0.4, 0.5) is 10.5 Å². The molecule has 2 N–H and O–H groups in total. The van der Waals surface area contributed by atoms with Crippen LogP contribution in [0.1, 0.15) is 24.2 Å². The number of urea groups is 1. The minimum atomic E-state index is -0.241. The summed E-state index contributed by atoms with van der Waals surface area (Å²) >= 11 is 0. The van der Waals surface area contributed by atoms with E-state index < -0.39 is 0 Å². The van der Waals surface area contributed by atoms with Crippen molar-refractivity contribution in [2.45, 2.75) is 26.7 Å². The van der Waals surface area contributed by atoms with E-state index in [1.54, 1.807) is 6.92 Å². The van der Waals surface area contributed by atoms with Gasteiger partial charge in [-0.1, -0.05) is 24.2 Å². The van der Waals surface area contributed by atoms with E-state index in [9.17, 15) is 4.79 Å². The second-order valence-electron chi connectivity index (χ2n) is 4.41. The molecule has 0 fully saturated rings. The minimum absolute atomic E-state index is 0.241. The minimum Gasteiger partial charge on any atom is -0.340 e. The van der Waals surface area contributed by atoms with E-state index in [1.807, 2.05) is 24.3 Å². The molecule has 0 aliphatic heterocycles. The van der Waals surface area contributed by atoms with E-state index in [2.05, 4.69) is 27.7 Å². The molecule has 0 atom stereocenters. The summed E-state index contributed by atoms with van der Waals surface area (Å²) in [5, 5.41) is 9.27. The van der Waals surface area contributed by atoms with Crippen LogP contribution in [0, 0.1) is 6.92 Å². The lowest BCUT2D eigenvalue weighted by molar-refractivity contribution is 0.252.